The van der Waals surface area contributed by atoms with E-state index in [4.69, 9.17) is 9.47 Å². The summed E-state index contributed by atoms with van der Waals surface area (Å²) >= 11 is 1.08. The van der Waals surface area contributed by atoms with Crippen LogP contribution in [0.3, 0.4) is 0 Å². The molecule has 0 radical (unpaired) electrons. The SMILES string of the molecule is C=CCCC[C@@H]1C[C@@H](OC(=O)c2ccc(S(C)(=O)=O)cc2)C[C@](O)([C@@H]2CSC(=O)N2)O1. The number of amides is 1. The molecule has 2 heterocycles. The molecular weight excluding hydrogens is 442 g/mol. The highest BCUT2D eigenvalue weighted by Gasteiger charge is 2.49. The minimum atomic E-state index is -3.37. The number of rotatable bonds is 8. The molecule has 170 valence electrons. The molecule has 1 aromatic carbocycles. The van der Waals surface area contributed by atoms with Crippen molar-refractivity contribution in [3.05, 3.63) is 42.5 Å². The summed E-state index contributed by atoms with van der Waals surface area (Å²) in [6.45, 7) is 3.71. The smallest absolute Gasteiger partial charge is 0.338 e. The number of hydrogen-bond acceptors (Lipinski definition) is 8. The number of sulfone groups is 1. The molecule has 0 bridgehead atoms. The molecule has 0 aromatic heterocycles. The second-order valence-corrected chi connectivity index (χ2v) is 10.9. The second kappa shape index (κ2) is 9.72. The molecule has 1 amide bonds. The van der Waals surface area contributed by atoms with Crippen molar-refractivity contribution in [3.63, 3.8) is 0 Å². The van der Waals surface area contributed by atoms with Crippen molar-refractivity contribution < 1.29 is 32.6 Å². The van der Waals surface area contributed by atoms with Crippen molar-refractivity contribution in [2.24, 2.45) is 0 Å². The first kappa shape index (κ1) is 23.8. The van der Waals surface area contributed by atoms with E-state index in [9.17, 15) is 23.1 Å². The number of hydrogen-bond donors (Lipinski definition) is 2. The summed E-state index contributed by atoms with van der Waals surface area (Å²) in [6, 6.07) is 4.92. The highest BCUT2D eigenvalue weighted by molar-refractivity contribution is 8.14. The van der Waals surface area contributed by atoms with Gasteiger partial charge in [0.05, 0.1) is 22.6 Å². The summed E-state index contributed by atoms with van der Waals surface area (Å²) in [4.78, 5) is 24.4. The lowest BCUT2D eigenvalue weighted by Crippen LogP contribution is -2.58. The van der Waals surface area contributed by atoms with Crippen molar-refractivity contribution in [2.45, 2.75) is 61.0 Å². The van der Waals surface area contributed by atoms with Crippen LogP contribution in [0, 0.1) is 0 Å². The number of aliphatic hydroxyl groups is 1. The molecule has 2 saturated heterocycles. The molecule has 2 aliphatic heterocycles. The van der Waals surface area contributed by atoms with Crippen molar-refractivity contribution in [1.82, 2.24) is 5.32 Å². The number of ether oxygens (including phenoxy) is 2. The number of carbonyl (C=O) groups excluding carboxylic acids is 2. The Labute approximate surface area is 186 Å². The normalized spacial score (nSPS) is 28.7. The predicted octanol–water partition coefficient (Wildman–Crippen LogP) is 2.66. The Kier molecular flexibility index (Phi) is 7.46. The average Bonchev–Trinajstić information content (AvgIpc) is 3.15. The summed E-state index contributed by atoms with van der Waals surface area (Å²) in [5.74, 6) is -1.88. The van der Waals surface area contributed by atoms with Crippen LogP contribution in [-0.2, 0) is 19.3 Å². The van der Waals surface area contributed by atoms with E-state index < -0.39 is 33.7 Å². The first-order valence-electron chi connectivity index (χ1n) is 10.1. The fourth-order valence-corrected chi connectivity index (χ4v) is 5.27. The molecule has 2 aliphatic rings. The number of thioether (sulfide) groups is 1. The van der Waals surface area contributed by atoms with Gasteiger partial charge < -0.3 is 19.9 Å². The third-order valence-electron chi connectivity index (χ3n) is 5.36. The first-order valence-corrected chi connectivity index (χ1v) is 12.9. The summed E-state index contributed by atoms with van der Waals surface area (Å²) in [5, 5.41) is 13.7. The van der Waals surface area contributed by atoms with E-state index in [1.54, 1.807) is 6.08 Å². The van der Waals surface area contributed by atoms with Gasteiger partial charge in [0, 0.05) is 24.9 Å². The molecule has 0 unspecified atom stereocenters. The zero-order chi connectivity index (χ0) is 22.6. The van der Waals surface area contributed by atoms with E-state index in [0.29, 0.717) is 18.6 Å². The maximum absolute atomic E-state index is 12.6. The molecule has 2 fully saturated rings. The molecule has 10 heteroatoms. The fraction of sp³-hybridized carbons (Fsp3) is 0.524. The summed E-state index contributed by atoms with van der Waals surface area (Å²) in [5.41, 5.74) is 0.218. The summed E-state index contributed by atoms with van der Waals surface area (Å²) in [7, 11) is -3.37. The number of esters is 1. The van der Waals surface area contributed by atoms with Gasteiger partial charge >= 0.3 is 5.97 Å². The van der Waals surface area contributed by atoms with Crippen LogP contribution < -0.4 is 5.32 Å². The lowest BCUT2D eigenvalue weighted by atomic mass is 9.91. The zero-order valence-electron chi connectivity index (χ0n) is 17.3. The van der Waals surface area contributed by atoms with E-state index in [-0.39, 0.29) is 28.2 Å². The van der Waals surface area contributed by atoms with Crippen LogP contribution in [0.2, 0.25) is 0 Å². The Bertz CT molecular complexity index is 932. The zero-order valence-corrected chi connectivity index (χ0v) is 18.9. The highest BCUT2D eigenvalue weighted by atomic mass is 32.2. The van der Waals surface area contributed by atoms with Crippen LogP contribution in [0.5, 0.6) is 0 Å². The van der Waals surface area contributed by atoms with Gasteiger partial charge in [0.2, 0.25) is 0 Å². The molecule has 31 heavy (non-hydrogen) atoms. The van der Waals surface area contributed by atoms with Crippen LogP contribution in [-0.4, -0.2) is 60.8 Å². The van der Waals surface area contributed by atoms with E-state index >= 15 is 0 Å². The number of benzene rings is 1. The van der Waals surface area contributed by atoms with E-state index in [1.165, 1.54) is 24.3 Å². The number of allylic oxidation sites excluding steroid dienone is 1. The maximum atomic E-state index is 12.6. The second-order valence-electron chi connectivity index (χ2n) is 7.86. The van der Waals surface area contributed by atoms with Gasteiger partial charge in [0.25, 0.3) is 5.24 Å². The molecule has 4 atom stereocenters. The van der Waals surface area contributed by atoms with Gasteiger partial charge in [0.1, 0.15) is 6.10 Å². The lowest BCUT2D eigenvalue weighted by Gasteiger charge is -2.43. The fourth-order valence-electron chi connectivity index (χ4n) is 3.75. The Hall–Kier alpha value is -1.88. The Morgan fingerprint density at radius 3 is 2.71 bits per heavy atom. The van der Waals surface area contributed by atoms with E-state index in [1.807, 2.05) is 0 Å². The van der Waals surface area contributed by atoms with E-state index in [2.05, 4.69) is 11.9 Å². The topological polar surface area (TPSA) is 119 Å². The quantitative estimate of drug-likeness (QED) is 0.339. The van der Waals surface area contributed by atoms with Gasteiger partial charge in [-0.1, -0.05) is 17.8 Å². The summed E-state index contributed by atoms with van der Waals surface area (Å²) < 4.78 is 34.8. The molecule has 2 N–H and O–H groups in total. The lowest BCUT2D eigenvalue weighted by molar-refractivity contribution is -0.281. The van der Waals surface area contributed by atoms with Gasteiger partial charge in [-0.05, 0) is 43.5 Å². The standard InChI is InChI=1S/C21H27NO7S2/c1-3-4-5-6-15-11-16(12-21(25,29-15)18-13-30-20(24)22-18)28-19(23)14-7-9-17(10-8-14)31(2,26)27/h3,7-10,15-16,18,25H,1,4-6,11-13H2,2H3,(H,22,24)/t15-,16-,18+,21-/m1/s1. The van der Waals surface area contributed by atoms with Gasteiger partial charge in [-0.25, -0.2) is 13.2 Å². The van der Waals surface area contributed by atoms with E-state index in [0.717, 1.165) is 30.9 Å². The molecule has 3 rings (SSSR count). The monoisotopic (exact) mass is 469 g/mol. The van der Waals surface area contributed by atoms with Crippen molar-refractivity contribution in [3.8, 4) is 0 Å². The number of carbonyl (C=O) groups is 2. The third kappa shape index (κ3) is 6.09. The van der Waals surface area contributed by atoms with Crippen molar-refractivity contribution in [2.75, 3.05) is 12.0 Å². The summed E-state index contributed by atoms with van der Waals surface area (Å²) in [6.07, 6.45) is 4.65. The molecule has 8 nitrogen and oxygen atoms in total. The Morgan fingerprint density at radius 2 is 2.13 bits per heavy atom. The third-order valence-corrected chi connectivity index (χ3v) is 7.37. The Balaban J connectivity index is 1.72. The minimum absolute atomic E-state index is 0.0314. The minimum Gasteiger partial charge on any atom is -0.458 e. The van der Waals surface area contributed by atoms with Crippen molar-refractivity contribution >= 4 is 32.8 Å². The largest absolute Gasteiger partial charge is 0.458 e. The van der Waals surface area contributed by atoms with Crippen LogP contribution in [0.25, 0.3) is 0 Å². The van der Waals surface area contributed by atoms with Gasteiger partial charge in [0.15, 0.2) is 15.6 Å². The molecule has 0 saturated carbocycles. The number of unbranched alkanes of at least 4 members (excludes halogenated alkanes) is 1. The van der Waals surface area contributed by atoms with Crippen LogP contribution in [0.4, 0.5) is 4.79 Å². The number of nitrogens with one attached hydrogen (secondary N) is 1. The molecular formula is C21H27NO7S2. The first-order chi connectivity index (χ1) is 14.6. The van der Waals surface area contributed by atoms with Gasteiger partial charge in [-0.2, -0.15) is 0 Å². The highest BCUT2D eigenvalue weighted by Crippen LogP contribution is 2.36. The van der Waals surface area contributed by atoms with Gasteiger partial charge in [-0.15, -0.1) is 6.58 Å². The molecule has 1 aromatic rings. The van der Waals surface area contributed by atoms with Crippen LogP contribution in [0.1, 0.15) is 42.5 Å². The molecule has 0 aliphatic carbocycles. The molecule has 0 spiro atoms. The van der Waals surface area contributed by atoms with Gasteiger partial charge in [-0.3, -0.25) is 4.79 Å². The van der Waals surface area contributed by atoms with Crippen molar-refractivity contribution in [1.29, 1.82) is 0 Å². The van der Waals surface area contributed by atoms with Crippen LogP contribution in [0.15, 0.2) is 41.8 Å². The average molecular weight is 470 g/mol. The van der Waals surface area contributed by atoms with Crippen LogP contribution >= 0.6 is 11.8 Å². The predicted molar refractivity (Wildman–Crippen MR) is 117 cm³/mol. The maximum Gasteiger partial charge on any atom is 0.338 e. The Morgan fingerprint density at radius 1 is 1.42 bits per heavy atom.